The lowest BCUT2D eigenvalue weighted by atomic mass is 10.1. The molecular weight excluding hydrogens is 170 g/mol. The zero-order valence-corrected chi connectivity index (χ0v) is 6.98. The van der Waals surface area contributed by atoms with E-state index in [1.165, 1.54) is 19.4 Å². The van der Waals surface area contributed by atoms with Crippen LogP contribution in [0, 0.1) is 0 Å². The van der Waals surface area contributed by atoms with Gasteiger partial charge >= 0.3 is 0 Å². The van der Waals surface area contributed by atoms with E-state index < -0.39 is 0 Å². The van der Waals surface area contributed by atoms with Crippen LogP contribution in [0.15, 0.2) is 33.5 Å². The smallest absolute Gasteiger partial charge is 0.212 e. The highest BCUT2D eigenvalue weighted by molar-refractivity contribution is 5.98. The second-order valence-electron chi connectivity index (χ2n) is 2.60. The van der Waals surface area contributed by atoms with E-state index in [1.54, 1.807) is 12.1 Å². The van der Waals surface area contributed by atoms with E-state index in [2.05, 4.69) is 5.16 Å². The first-order valence-corrected chi connectivity index (χ1v) is 3.78. The molecule has 0 saturated carbocycles. The van der Waals surface area contributed by atoms with Gasteiger partial charge in [0.25, 0.3) is 0 Å². The van der Waals surface area contributed by atoms with Gasteiger partial charge in [-0.3, -0.25) is 4.79 Å². The number of carbonyl (C=O) groups excluding carboxylic acids is 1. The van der Waals surface area contributed by atoms with Crippen LogP contribution in [0.2, 0.25) is 0 Å². The second-order valence-corrected chi connectivity index (χ2v) is 2.60. The molecule has 0 atom stereocenters. The predicted octanol–water partition coefficient (Wildman–Crippen LogP) is 2.14. The third-order valence-corrected chi connectivity index (χ3v) is 1.69. The van der Waals surface area contributed by atoms with Crippen LogP contribution in [0.3, 0.4) is 0 Å². The minimum Gasteiger partial charge on any atom is -0.461 e. The molecule has 0 bridgehead atoms. The van der Waals surface area contributed by atoms with Crippen LogP contribution in [-0.4, -0.2) is 10.9 Å². The Morgan fingerprint density at radius 3 is 3.00 bits per heavy atom. The molecule has 0 saturated heterocycles. The number of ketones is 1. The third-order valence-electron chi connectivity index (χ3n) is 1.69. The highest BCUT2D eigenvalue weighted by Gasteiger charge is 2.15. The van der Waals surface area contributed by atoms with Crippen molar-refractivity contribution in [2.24, 2.45) is 0 Å². The summed E-state index contributed by atoms with van der Waals surface area (Å²) in [5, 5.41) is 3.54. The first-order valence-electron chi connectivity index (χ1n) is 3.78. The minimum absolute atomic E-state index is 0.0901. The monoisotopic (exact) mass is 177 g/mol. The van der Waals surface area contributed by atoms with Crippen molar-refractivity contribution in [1.29, 1.82) is 0 Å². The minimum atomic E-state index is -0.0901. The van der Waals surface area contributed by atoms with Crippen molar-refractivity contribution in [3.8, 4) is 11.5 Å². The summed E-state index contributed by atoms with van der Waals surface area (Å²) in [7, 11) is 0. The lowest BCUT2D eigenvalue weighted by Crippen LogP contribution is -1.90. The van der Waals surface area contributed by atoms with E-state index in [4.69, 9.17) is 8.94 Å². The molecule has 2 heterocycles. The number of hydrogen-bond acceptors (Lipinski definition) is 4. The van der Waals surface area contributed by atoms with Crippen LogP contribution in [0.1, 0.15) is 17.3 Å². The largest absolute Gasteiger partial charge is 0.461 e. The van der Waals surface area contributed by atoms with Crippen molar-refractivity contribution in [3.05, 3.63) is 30.2 Å². The van der Waals surface area contributed by atoms with E-state index in [1.807, 2.05) is 0 Å². The molecule has 0 N–H and O–H groups in total. The van der Waals surface area contributed by atoms with Gasteiger partial charge in [0, 0.05) is 0 Å². The van der Waals surface area contributed by atoms with Gasteiger partial charge < -0.3 is 8.94 Å². The van der Waals surface area contributed by atoms with Gasteiger partial charge in [-0.1, -0.05) is 5.16 Å². The van der Waals surface area contributed by atoms with Crippen molar-refractivity contribution >= 4 is 5.78 Å². The fraction of sp³-hybridized carbons (Fsp3) is 0.111. The standard InChI is InChI=1S/C9H7NO3/c1-6(11)7-5-10-13-9(7)8-3-2-4-12-8/h2-5H,1H3. The molecule has 13 heavy (non-hydrogen) atoms. The number of hydrogen-bond donors (Lipinski definition) is 0. The molecule has 2 rings (SSSR count). The molecule has 0 amide bonds. The summed E-state index contributed by atoms with van der Waals surface area (Å²) in [5.74, 6) is 0.813. The Kier molecular flexibility index (Phi) is 1.73. The number of nitrogens with zero attached hydrogens (tertiary/aromatic N) is 1. The van der Waals surface area contributed by atoms with E-state index in [9.17, 15) is 4.79 Å². The molecule has 0 aliphatic heterocycles. The van der Waals surface area contributed by atoms with Crippen molar-refractivity contribution < 1.29 is 13.7 Å². The molecular formula is C9H7NO3. The Labute approximate surface area is 74.1 Å². The number of furan rings is 1. The van der Waals surface area contributed by atoms with Crippen molar-refractivity contribution in [1.82, 2.24) is 5.16 Å². The molecule has 0 unspecified atom stereocenters. The lowest BCUT2D eigenvalue weighted by Gasteiger charge is -1.91. The van der Waals surface area contributed by atoms with E-state index in [0.29, 0.717) is 17.1 Å². The maximum absolute atomic E-state index is 11.1. The summed E-state index contributed by atoms with van der Waals surface area (Å²) in [5.41, 5.74) is 0.440. The van der Waals surface area contributed by atoms with Gasteiger partial charge in [-0.15, -0.1) is 0 Å². The molecule has 0 spiro atoms. The molecule has 4 heteroatoms. The zero-order chi connectivity index (χ0) is 9.26. The average Bonchev–Trinajstić information content (AvgIpc) is 2.74. The van der Waals surface area contributed by atoms with Crippen LogP contribution >= 0.6 is 0 Å². The molecule has 0 fully saturated rings. The van der Waals surface area contributed by atoms with Gasteiger partial charge in [-0.2, -0.15) is 0 Å². The quantitative estimate of drug-likeness (QED) is 0.659. The van der Waals surface area contributed by atoms with Crippen molar-refractivity contribution in [2.45, 2.75) is 6.92 Å². The fourth-order valence-electron chi connectivity index (χ4n) is 1.08. The van der Waals surface area contributed by atoms with Crippen LogP contribution in [0.5, 0.6) is 0 Å². The molecule has 0 aromatic carbocycles. The summed E-state index contributed by atoms with van der Waals surface area (Å²) in [6.45, 7) is 1.46. The molecule has 0 aliphatic rings. The Hall–Kier alpha value is -1.84. The first-order chi connectivity index (χ1) is 6.29. The average molecular weight is 177 g/mol. The van der Waals surface area contributed by atoms with Crippen LogP contribution in [-0.2, 0) is 0 Å². The fourth-order valence-corrected chi connectivity index (χ4v) is 1.08. The molecule has 0 radical (unpaired) electrons. The maximum Gasteiger partial charge on any atom is 0.212 e. The number of rotatable bonds is 2. The van der Waals surface area contributed by atoms with Gasteiger partial charge in [0.15, 0.2) is 11.5 Å². The van der Waals surface area contributed by atoms with Gasteiger partial charge in [0.1, 0.15) is 0 Å². The highest BCUT2D eigenvalue weighted by atomic mass is 16.5. The SMILES string of the molecule is CC(=O)c1cnoc1-c1ccco1. The van der Waals surface area contributed by atoms with Gasteiger partial charge in [-0.25, -0.2) is 0 Å². The highest BCUT2D eigenvalue weighted by Crippen LogP contribution is 2.23. The maximum atomic E-state index is 11.1. The van der Waals surface area contributed by atoms with Crippen LogP contribution in [0.25, 0.3) is 11.5 Å². The van der Waals surface area contributed by atoms with E-state index in [-0.39, 0.29) is 5.78 Å². The first kappa shape index (κ1) is 7.79. The van der Waals surface area contributed by atoms with E-state index in [0.717, 1.165) is 0 Å². The summed E-state index contributed by atoms with van der Waals surface area (Å²) < 4.78 is 9.99. The predicted molar refractivity (Wildman–Crippen MR) is 44.2 cm³/mol. The summed E-state index contributed by atoms with van der Waals surface area (Å²) in [6.07, 6.45) is 2.90. The number of Topliss-reactive ketones (excluding diaryl/α,β-unsaturated/α-hetero) is 1. The number of aromatic nitrogens is 1. The number of carbonyl (C=O) groups is 1. The Bertz CT molecular complexity index is 414. The van der Waals surface area contributed by atoms with Crippen LogP contribution in [0.4, 0.5) is 0 Å². The van der Waals surface area contributed by atoms with Gasteiger partial charge in [-0.05, 0) is 19.1 Å². The van der Waals surface area contributed by atoms with Gasteiger partial charge in [0.05, 0.1) is 18.0 Å². The molecule has 0 aliphatic carbocycles. The molecule has 66 valence electrons. The van der Waals surface area contributed by atoms with Crippen molar-refractivity contribution in [3.63, 3.8) is 0 Å². The zero-order valence-electron chi connectivity index (χ0n) is 6.98. The molecule has 4 nitrogen and oxygen atoms in total. The summed E-state index contributed by atoms with van der Waals surface area (Å²) in [4.78, 5) is 11.1. The molecule has 2 aromatic rings. The third kappa shape index (κ3) is 1.26. The topological polar surface area (TPSA) is 56.2 Å². The Morgan fingerprint density at radius 1 is 1.54 bits per heavy atom. The van der Waals surface area contributed by atoms with Crippen LogP contribution < -0.4 is 0 Å². The second kappa shape index (κ2) is 2.90. The van der Waals surface area contributed by atoms with Gasteiger partial charge in [0.2, 0.25) is 5.76 Å². The Balaban J connectivity index is 2.52. The molecule has 2 aromatic heterocycles. The summed E-state index contributed by atoms with van der Waals surface area (Å²) >= 11 is 0. The lowest BCUT2D eigenvalue weighted by molar-refractivity contribution is 0.101. The van der Waals surface area contributed by atoms with E-state index >= 15 is 0 Å². The normalized spacial score (nSPS) is 10.2. The summed E-state index contributed by atoms with van der Waals surface area (Å²) in [6, 6.07) is 3.44. The van der Waals surface area contributed by atoms with Crippen molar-refractivity contribution in [2.75, 3.05) is 0 Å². The Morgan fingerprint density at radius 2 is 2.38 bits per heavy atom.